The summed E-state index contributed by atoms with van der Waals surface area (Å²) in [5.41, 5.74) is 1.30. The van der Waals surface area contributed by atoms with Gasteiger partial charge < -0.3 is 20.1 Å². The highest BCUT2D eigenvalue weighted by molar-refractivity contribution is 5.99. The first-order valence-corrected chi connectivity index (χ1v) is 7.34. The Hall–Kier alpha value is -1.59. The summed E-state index contributed by atoms with van der Waals surface area (Å²) in [4.78, 5) is 12.4. The van der Waals surface area contributed by atoms with E-state index < -0.39 is 5.54 Å². The van der Waals surface area contributed by atoms with Crippen LogP contribution in [0.25, 0.3) is 0 Å². The minimum Gasteiger partial charge on any atom is -0.489 e. The normalized spacial score (nSPS) is 21.3. The number of anilines is 1. The van der Waals surface area contributed by atoms with Crippen molar-refractivity contribution >= 4 is 11.6 Å². The lowest BCUT2D eigenvalue weighted by atomic mass is 9.99. The highest BCUT2D eigenvalue weighted by atomic mass is 16.5. The van der Waals surface area contributed by atoms with E-state index in [0.717, 1.165) is 24.9 Å². The van der Waals surface area contributed by atoms with Crippen LogP contribution in [0.5, 0.6) is 5.75 Å². The summed E-state index contributed by atoms with van der Waals surface area (Å²) in [6, 6.07) is 5.77. The molecule has 0 bridgehead atoms. The largest absolute Gasteiger partial charge is 0.489 e. The monoisotopic (exact) mass is 292 g/mol. The third-order valence-electron chi connectivity index (χ3n) is 3.80. The maximum absolute atomic E-state index is 12.4. The number of aryl methyl sites for hydroxylation is 1. The van der Waals surface area contributed by atoms with E-state index in [1.54, 1.807) is 7.11 Å². The second kappa shape index (κ2) is 6.91. The fourth-order valence-corrected chi connectivity index (χ4v) is 2.44. The van der Waals surface area contributed by atoms with Crippen LogP contribution in [0.15, 0.2) is 18.2 Å². The van der Waals surface area contributed by atoms with Gasteiger partial charge in [0.2, 0.25) is 5.91 Å². The molecule has 116 valence electrons. The predicted octanol–water partition coefficient (Wildman–Crippen LogP) is 2.10. The Morgan fingerprint density at radius 2 is 2.24 bits per heavy atom. The first kappa shape index (κ1) is 15.8. The molecule has 0 saturated carbocycles. The van der Waals surface area contributed by atoms with Gasteiger partial charge in [-0.3, -0.25) is 4.79 Å². The molecule has 1 fully saturated rings. The molecule has 1 aliphatic rings. The van der Waals surface area contributed by atoms with Crippen molar-refractivity contribution in [2.45, 2.75) is 32.2 Å². The Morgan fingerprint density at radius 1 is 1.43 bits per heavy atom. The molecule has 1 aliphatic heterocycles. The number of rotatable bonds is 6. The SMILES string of the molecule is COCCOc1cc(C)ccc1NC(=O)C1(C)CCCN1. The number of hydrogen-bond acceptors (Lipinski definition) is 4. The van der Waals surface area contributed by atoms with E-state index in [9.17, 15) is 4.79 Å². The van der Waals surface area contributed by atoms with Crippen LogP contribution < -0.4 is 15.4 Å². The zero-order valence-electron chi connectivity index (χ0n) is 13.0. The van der Waals surface area contributed by atoms with Crippen LogP contribution in [0.1, 0.15) is 25.3 Å². The van der Waals surface area contributed by atoms with Gasteiger partial charge >= 0.3 is 0 Å². The van der Waals surface area contributed by atoms with Crippen LogP contribution in [0.4, 0.5) is 5.69 Å². The van der Waals surface area contributed by atoms with E-state index in [4.69, 9.17) is 9.47 Å². The highest BCUT2D eigenvalue weighted by Crippen LogP contribution is 2.28. The van der Waals surface area contributed by atoms with E-state index >= 15 is 0 Å². The van der Waals surface area contributed by atoms with Gasteiger partial charge in [-0.1, -0.05) is 6.07 Å². The summed E-state index contributed by atoms with van der Waals surface area (Å²) in [6.07, 6.45) is 1.87. The van der Waals surface area contributed by atoms with E-state index in [1.807, 2.05) is 32.0 Å². The maximum atomic E-state index is 12.4. The van der Waals surface area contributed by atoms with Crippen molar-refractivity contribution in [2.24, 2.45) is 0 Å². The van der Waals surface area contributed by atoms with Crippen LogP contribution in [0.3, 0.4) is 0 Å². The van der Waals surface area contributed by atoms with Gasteiger partial charge in [0.15, 0.2) is 0 Å². The number of benzene rings is 1. The van der Waals surface area contributed by atoms with E-state index in [1.165, 1.54) is 0 Å². The Kier molecular flexibility index (Phi) is 5.20. The summed E-state index contributed by atoms with van der Waals surface area (Å²) in [6.45, 7) is 5.79. The lowest BCUT2D eigenvalue weighted by molar-refractivity contribution is -0.121. The van der Waals surface area contributed by atoms with Crippen LogP contribution in [-0.2, 0) is 9.53 Å². The fourth-order valence-electron chi connectivity index (χ4n) is 2.44. The maximum Gasteiger partial charge on any atom is 0.244 e. The molecule has 1 heterocycles. The predicted molar refractivity (Wildman–Crippen MR) is 82.8 cm³/mol. The molecule has 1 unspecified atom stereocenters. The topological polar surface area (TPSA) is 59.6 Å². The zero-order valence-corrected chi connectivity index (χ0v) is 13.0. The smallest absolute Gasteiger partial charge is 0.244 e. The van der Waals surface area contributed by atoms with Crippen LogP contribution in [0.2, 0.25) is 0 Å². The van der Waals surface area contributed by atoms with E-state index in [0.29, 0.717) is 24.7 Å². The third-order valence-corrected chi connectivity index (χ3v) is 3.80. The molecule has 1 aromatic rings. The van der Waals surface area contributed by atoms with Gasteiger partial charge in [0, 0.05) is 7.11 Å². The summed E-state index contributed by atoms with van der Waals surface area (Å²) in [7, 11) is 1.63. The van der Waals surface area contributed by atoms with Gasteiger partial charge in [0.1, 0.15) is 12.4 Å². The van der Waals surface area contributed by atoms with Gasteiger partial charge in [0.25, 0.3) is 0 Å². The molecule has 0 aromatic heterocycles. The summed E-state index contributed by atoms with van der Waals surface area (Å²) in [5, 5.41) is 6.24. The van der Waals surface area contributed by atoms with Gasteiger partial charge in [-0.25, -0.2) is 0 Å². The summed E-state index contributed by atoms with van der Waals surface area (Å²) < 4.78 is 10.7. The average molecular weight is 292 g/mol. The molecular formula is C16H24N2O3. The summed E-state index contributed by atoms with van der Waals surface area (Å²) in [5.74, 6) is 0.669. The number of carbonyl (C=O) groups is 1. The van der Waals surface area contributed by atoms with Gasteiger partial charge in [-0.15, -0.1) is 0 Å². The second-order valence-corrected chi connectivity index (χ2v) is 5.66. The van der Waals surface area contributed by atoms with E-state index in [-0.39, 0.29) is 5.91 Å². The first-order chi connectivity index (χ1) is 10.0. The number of carbonyl (C=O) groups excluding carboxylic acids is 1. The Bertz CT molecular complexity index is 496. The van der Waals surface area contributed by atoms with Crippen molar-refractivity contribution in [1.29, 1.82) is 0 Å². The standard InChI is InChI=1S/C16H24N2O3/c1-12-5-6-13(14(11-12)21-10-9-20-3)18-15(19)16(2)7-4-8-17-16/h5-6,11,17H,4,7-10H2,1-3H3,(H,18,19). The number of amides is 1. The van der Waals surface area contributed by atoms with Crippen molar-refractivity contribution in [1.82, 2.24) is 5.32 Å². The quantitative estimate of drug-likeness (QED) is 0.788. The third kappa shape index (κ3) is 3.95. The van der Waals surface area contributed by atoms with Gasteiger partial charge in [-0.2, -0.15) is 0 Å². The molecular weight excluding hydrogens is 268 g/mol. The number of hydrogen-bond donors (Lipinski definition) is 2. The number of ether oxygens (including phenoxy) is 2. The van der Waals surface area contributed by atoms with Crippen LogP contribution >= 0.6 is 0 Å². The second-order valence-electron chi connectivity index (χ2n) is 5.66. The number of methoxy groups -OCH3 is 1. The Labute approximate surface area is 126 Å². The Morgan fingerprint density at radius 3 is 2.90 bits per heavy atom. The lowest BCUT2D eigenvalue weighted by Crippen LogP contribution is -2.48. The highest BCUT2D eigenvalue weighted by Gasteiger charge is 2.36. The van der Waals surface area contributed by atoms with Gasteiger partial charge in [-0.05, 0) is 50.9 Å². The van der Waals surface area contributed by atoms with Crippen molar-refractivity contribution < 1.29 is 14.3 Å². The molecule has 1 aromatic carbocycles. The van der Waals surface area contributed by atoms with Crippen molar-refractivity contribution in [2.75, 3.05) is 32.2 Å². The molecule has 2 N–H and O–H groups in total. The molecule has 0 radical (unpaired) electrons. The minimum absolute atomic E-state index is 0.0135. The van der Waals surface area contributed by atoms with Crippen molar-refractivity contribution in [3.8, 4) is 5.75 Å². The molecule has 21 heavy (non-hydrogen) atoms. The zero-order chi connectivity index (χ0) is 15.3. The average Bonchev–Trinajstić information content (AvgIpc) is 2.90. The molecule has 1 amide bonds. The van der Waals surface area contributed by atoms with Crippen LogP contribution in [0, 0.1) is 6.92 Å². The molecule has 5 nitrogen and oxygen atoms in total. The molecule has 1 saturated heterocycles. The molecule has 2 rings (SSSR count). The Balaban J connectivity index is 2.09. The molecule has 0 aliphatic carbocycles. The lowest BCUT2D eigenvalue weighted by Gasteiger charge is -2.24. The van der Waals surface area contributed by atoms with Gasteiger partial charge in [0.05, 0.1) is 17.8 Å². The van der Waals surface area contributed by atoms with E-state index in [2.05, 4.69) is 10.6 Å². The van der Waals surface area contributed by atoms with Crippen molar-refractivity contribution in [3.05, 3.63) is 23.8 Å². The number of nitrogens with one attached hydrogen (secondary N) is 2. The van der Waals surface area contributed by atoms with Crippen molar-refractivity contribution in [3.63, 3.8) is 0 Å². The van der Waals surface area contributed by atoms with Crippen LogP contribution in [-0.4, -0.2) is 38.3 Å². The minimum atomic E-state index is -0.491. The molecule has 1 atom stereocenters. The molecule has 0 spiro atoms. The molecule has 5 heteroatoms. The first-order valence-electron chi connectivity index (χ1n) is 7.34. The summed E-state index contributed by atoms with van der Waals surface area (Å²) >= 11 is 0. The fraction of sp³-hybridized carbons (Fsp3) is 0.562.